The smallest absolute Gasteiger partial charge is 0.0192 e. The Morgan fingerprint density at radius 2 is 2.00 bits per heavy atom. The lowest BCUT2D eigenvalue weighted by atomic mass is 9.75. The van der Waals surface area contributed by atoms with Crippen molar-refractivity contribution in [2.24, 2.45) is 5.41 Å². The molecule has 1 atom stereocenters. The van der Waals surface area contributed by atoms with Crippen LogP contribution in [0.5, 0.6) is 0 Å². The van der Waals surface area contributed by atoms with Crippen LogP contribution in [0.2, 0.25) is 0 Å². The molecule has 0 aromatic heterocycles. The molecule has 1 rings (SSSR count). The van der Waals surface area contributed by atoms with E-state index in [1.54, 1.807) is 0 Å². The lowest BCUT2D eigenvalue weighted by Crippen LogP contribution is -2.46. The Bertz CT molecular complexity index is 225. The maximum absolute atomic E-state index is 3.73. The summed E-state index contributed by atoms with van der Waals surface area (Å²) in [6.07, 6.45) is 7.38. The van der Waals surface area contributed by atoms with Crippen molar-refractivity contribution >= 4 is 0 Å². The molecule has 0 amide bonds. The molecule has 1 N–H and O–H groups in total. The van der Waals surface area contributed by atoms with Crippen LogP contribution in [0, 0.1) is 5.41 Å². The highest BCUT2D eigenvalue weighted by Crippen LogP contribution is 2.36. The fraction of sp³-hybridized carbons (Fsp3) is 0.867. The number of rotatable bonds is 6. The summed E-state index contributed by atoms with van der Waals surface area (Å²) in [5.74, 6) is 0. The molecular formula is C15H30N2. The van der Waals surface area contributed by atoms with Crippen LogP contribution < -0.4 is 5.32 Å². The maximum Gasteiger partial charge on any atom is 0.0192 e. The van der Waals surface area contributed by atoms with Gasteiger partial charge in [-0.2, -0.15) is 0 Å². The van der Waals surface area contributed by atoms with Crippen molar-refractivity contribution in [3.63, 3.8) is 0 Å². The summed E-state index contributed by atoms with van der Waals surface area (Å²) in [5, 5.41) is 3.41. The van der Waals surface area contributed by atoms with Gasteiger partial charge in [-0.15, -0.1) is 6.58 Å². The van der Waals surface area contributed by atoms with E-state index >= 15 is 0 Å². The Balaban J connectivity index is 2.32. The molecule has 17 heavy (non-hydrogen) atoms. The summed E-state index contributed by atoms with van der Waals surface area (Å²) in [5.41, 5.74) is 0.571. The Kier molecular flexibility index (Phi) is 5.68. The fourth-order valence-electron chi connectivity index (χ4n) is 2.69. The molecule has 100 valence electrons. The van der Waals surface area contributed by atoms with E-state index in [9.17, 15) is 0 Å². The van der Waals surface area contributed by atoms with Gasteiger partial charge in [-0.25, -0.2) is 0 Å². The van der Waals surface area contributed by atoms with Crippen LogP contribution in [0.15, 0.2) is 12.7 Å². The summed E-state index contributed by atoms with van der Waals surface area (Å²) in [6, 6.07) is 1.39. The zero-order valence-electron chi connectivity index (χ0n) is 12.1. The normalized spacial score (nSPS) is 22.6. The molecule has 0 radical (unpaired) electrons. The van der Waals surface area contributed by atoms with Gasteiger partial charge < -0.3 is 5.32 Å². The van der Waals surface area contributed by atoms with Crippen molar-refractivity contribution in [2.75, 3.05) is 20.1 Å². The molecule has 1 aliphatic carbocycles. The van der Waals surface area contributed by atoms with E-state index < -0.39 is 0 Å². The van der Waals surface area contributed by atoms with E-state index in [0.717, 1.165) is 19.1 Å². The molecule has 0 saturated heterocycles. The van der Waals surface area contributed by atoms with E-state index in [1.807, 2.05) is 6.08 Å². The third-order valence-corrected chi connectivity index (χ3v) is 4.31. The van der Waals surface area contributed by atoms with Gasteiger partial charge in [0, 0.05) is 25.2 Å². The van der Waals surface area contributed by atoms with E-state index in [-0.39, 0.29) is 0 Å². The zero-order valence-corrected chi connectivity index (χ0v) is 12.1. The first-order chi connectivity index (χ1) is 7.96. The Morgan fingerprint density at radius 1 is 1.41 bits per heavy atom. The second-order valence-electron chi connectivity index (χ2n) is 6.36. The molecule has 1 fully saturated rings. The summed E-state index contributed by atoms with van der Waals surface area (Å²) in [4.78, 5) is 2.56. The van der Waals surface area contributed by atoms with Crippen molar-refractivity contribution in [2.45, 2.75) is 58.5 Å². The predicted octanol–water partition coefficient (Wildman–Crippen LogP) is 3.05. The standard InChI is InChI=1S/C15H30N2/c1-6-11-16-12-13(2)17(5)14-7-9-15(3,4)10-8-14/h6,13-14,16H,1,7-12H2,2-5H3. The SMILES string of the molecule is C=CCNCC(C)N(C)C1CCC(C)(C)CC1. The van der Waals surface area contributed by atoms with Gasteiger partial charge in [0.1, 0.15) is 0 Å². The molecule has 1 aliphatic rings. The molecule has 1 saturated carbocycles. The van der Waals surface area contributed by atoms with Gasteiger partial charge in [0.05, 0.1) is 0 Å². The van der Waals surface area contributed by atoms with Crippen molar-refractivity contribution in [1.82, 2.24) is 10.2 Å². The lowest BCUT2D eigenvalue weighted by molar-refractivity contribution is 0.1000. The first-order valence-electron chi connectivity index (χ1n) is 7.00. The monoisotopic (exact) mass is 238 g/mol. The number of hydrogen-bond acceptors (Lipinski definition) is 2. The van der Waals surface area contributed by atoms with E-state index in [1.165, 1.54) is 25.7 Å². The van der Waals surface area contributed by atoms with Gasteiger partial charge >= 0.3 is 0 Å². The third-order valence-electron chi connectivity index (χ3n) is 4.31. The molecule has 2 nitrogen and oxygen atoms in total. The summed E-state index contributed by atoms with van der Waals surface area (Å²) in [6.45, 7) is 12.8. The maximum atomic E-state index is 3.73. The Labute approximate surface area is 107 Å². The molecule has 0 heterocycles. The minimum Gasteiger partial charge on any atom is -0.312 e. The van der Waals surface area contributed by atoms with Crippen molar-refractivity contribution in [3.05, 3.63) is 12.7 Å². The fourth-order valence-corrected chi connectivity index (χ4v) is 2.69. The van der Waals surface area contributed by atoms with Crippen LogP contribution in [0.1, 0.15) is 46.5 Å². The molecule has 2 heteroatoms. The number of nitrogens with zero attached hydrogens (tertiary/aromatic N) is 1. The van der Waals surface area contributed by atoms with Crippen LogP contribution in [-0.4, -0.2) is 37.1 Å². The van der Waals surface area contributed by atoms with Crippen LogP contribution in [0.4, 0.5) is 0 Å². The van der Waals surface area contributed by atoms with Gasteiger partial charge in [-0.05, 0) is 45.1 Å². The highest BCUT2D eigenvalue weighted by molar-refractivity contribution is 4.85. The molecule has 0 bridgehead atoms. The molecular weight excluding hydrogens is 208 g/mol. The average molecular weight is 238 g/mol. The first kappa shape index (κ1) is 14.7. The molecule has 0 aromatic carbocycles. The largest absolute Gasteiger partial charge is 0.312 e. The average Bonchev–Trinajstić information content (AvgIpc) is 2.28. The Morgan fingerprint density at radius 3 is 2.53 bits per heavy atom. The zero-order chi connectivity index (χ0) is 12.9. The van der Waals surface area contributed by atoms with Gasteiger partial charge in [0.15, 0.2) is 0 Å². The van der Waals surface area contributed by atoms with Crippen LogP contribution in [0.25, 0.3) is 0 Å². The predicted molar refractivity (Wildman–Crippen MR) is 76.3 cm³/mol. The minimum absolute atomic E-state index is 0.571. The molecule has 0 aromatic rings. The number of hydrogen-bond donors (Lipinski definition) is 1. The summed E-state index contributed by atoms with van der Waals surface area (Å²) < 4.78 is 0. The number of likely N-dealkylation sites (N-methyl/N-ethyl adjacent to an activating group) is 1. The molecule has 0 aliphatic heterocycles. The highest BCUT2D eigenvalue weighted by atomic mass is 15.2. The molecule has 1 unspecified atom stereocenters. The lowest BCUT2D eigenvalue weighted by Gasteiger charge is -2.41. The first-order valence-corrected chi connectivity index (χ1v) is 7.00. The van der Waals surface area contributed by atoms with E-state index in [4.69, 9.17) is 0 Å². The van der Waals surface area contributed by atoms with Crippen molar-refractivity contribution in [3.8, 4) is 0 Å². The Hall–Kier alpha value is -0.340. The third kappa shape index (κ3) is 4.81. The van der Waals surface area contributed by atoms with Gasteiger partial charge in [0.25, 0.3) is 0 Å². The number of nitrogens with one attached hydrogen (secondary N) is 1. The van der Waals surface area contributed by atoms with E-state index in [2.05, 4.69) is 44.6 Å². The van der Waals surface area contributed by atoms with Gasteiger partial charge in [-0.3, -0.25) is 4.90 Å². The van der Waals surface area contributed by atoms with Crippen molar-refractivity contribution < 1.29 is 0 Å². The van der Waals surface area contributed by atoms with Crippen LogP contribution >= 0.6 is 0 Å². The van der Waals surface area contributed by atoms with E-state index in [0.29, 0.717) is 11.5 Å². The highest BCUT2D eigenvalue weighted by Gasteiger charge is 2.29. The minimum atomic E-state index is 0.571. The second kappa shape index (κ2) is 6.55. The summed E-state index contributed by atoms with van der Waals surface area (Å²) >= 11 is 0. The topological polar surface area (TPSA) is 15.3 Å². The van der Waals surface area contributed by atoms with Crippen LogP contribution in [-0.2, 0) is 0 Å². The van der Waals surface area contributed by atoms with Crippen LogP contribution in [0.3, 0.4) is 0 Å². The van der Waals surface area contributed by atoms with Gasteiger partial charge in [0.2, 0.25) is 0 Å². The quantitative estimate of drug-likeness (QED) is 0.565. The second-order valence-corrected chi connectivity index (χ2v) is 6.36. The summed E-state index contributed by atoms with van der Waals surface area (Å²) in [7, 11) is 2.28. The van der Waals surface area contributed by atoms with Crippen molar-refractivity contribution in [1.29, 1.82) is 0 Å². The molecule has 0 spiro atoms. The van der Waals surface area contributed by atoms with Gasteiger partial charge in [-0.1, -0.05) is 19.9 Å².